The second-order valence-electron chi connectivity index (χ2n) is 7.68. The zero-order valence-corrected chi connectivity index (χ0v) is 18.7. The highest BCUT2D eigenvalue weighted by molar-refractivity contribution is 5.94. The van der Waals surface area contributed by atoms with Crippen LogP contribution in [0.15, 0.2) is 0 Å². The second kappa shape index (κ2) is 15.1. The van der Waals surface area contributed by atoms with E-state index in [2.05, 4.69) is 16.0 Å². The zero-order chi connectivity index (χ0) is 25.7. The minimum Gasteiger partial charge on any atom is -0.481 e. The summed E-state index contributed by atoms with van der Waals surface area (Å²) in [5.74, 6) is -5.60. The van der Waals surface area contributed by atoms with Gasteiger partial charge in [0.05, 0.1) is 18.2 Å². The molecule has 0 radical (unpaired) electrons. The normalized spacial score (nSPS) is 16.4. The molecular formula is C19H35N5O9. The molecule has 0 spiro atoms. The molecule has 0 aromatic carbocycles. The summed E-state index contributed by atoms with van der Waals surface area (Å²) in [5.41, 5.74) is 11.2. The molecule has 0 heterocycles. The number of unbranched alkanes of at least 4 members (excludes halogenated alkanes) is 1. The van der Waals surface area contributed by atoms with Crippen molar-refractivity contribution in [3.63, 3.8) is 0 Å². The molecule has 0 saturated heterocycles. The molecular weight excluding hydrogens is 442 g/mol. The number of amides is 3. The van der Waals surface area contributed by atoms with Crippen LogP contribution < -0.4 is 27.4 Å². The maximum absolute atomic E-state index is 12.6. The number of carbonyl (C=O) groups excluding carboxylic acids is 3. The number of carboxylic acid groups (broad SMARTS) is 2. The number of hydrogen-bond donors (Lipinski definition) is 9. The maximum Gasteiger partial charge on any atom is 0.326 e. The third-order valence-corrected chi connectivity index (χ3v) is 4.69. The Balaban J connectivity index is 5.26. The first-order valence-corrected chi connectivity index (χ1v) is 10.5. The molecule has 0 bridgehead atoms. The van der Waals surface area contributed by atoms with Crippen LogP contribution in [0.5, 0.6) is 0 Å². The Kier molecular flexibility index (Phi) is 13.8. The number of hydrogen-bond acceptors (Lipinski definition) is 9. The lowest BCUT2D eigenvalue weighted by Gasteiger charge is -2.27. The van der Waals surface area contributed by atoms with Crippen LogP contribution in [0, 0.1) is 0 Å². The standard InChI is InChI=1S/C19H35N5O9/c1-9(25)14(17(30)22-12(19(32)33)6-7-13(27)28)24-18(31)15(10(2)26)23-16(29)11(21)5-3-4-8-20/h9-12,14-15,25-26H,3-8,20-21H2,1-2H3,(H,22,30)(H,23,29)(H,24,31)(H,27,28)(H,32,33). The Morgan fingerprint density at radius 1 is 0.788 bits per heavy atom. The molecule has 0 rings (SSSR count). The van der Waals surface area contributed by atoms with E-state index in [4.69, 9.17) is 21.7 Å². The summed E-state index contributed by atoms with van der Waals surface area (Å²) < 4.78 is 0. The quantitative estimate of drug-likeness (QED) is 0.0990. The average molecular weight is 478 g/mol. The molecule has 0 aromatic heterocycles. The van der Waals surface area contributed by atoms with E-state index >= 15 is 0 Å². The highest BCUT2D eigenvalue weighted by atomic mass is 16.4. The van der Waals surface area contributed by atoms with Crippen molar-refractivity contribution in [1.29, 1.82) is 0 Å². The highest BCUT2D eigenvalue weighted by Gasteiger charge is 2.34. The van der Waals surface area contributed by atoms with Crippen molar-refractivity contribution < 1.29 is 44.4 Å². The topological polar surface area (TPSA) is 254 Å². The first-order chi connectivity index (χ1) is 15.3. The number of aliphatic hydroxyl groups excluding tert-OH is 2. The molecule has 0 aliphatic carbocycles. The van der Waals surface area contributed by atoms with E-state index in [0.29, 0.717) is 25.8 Å². The maximum atomic E-state index is 12.6. The van der Waals surface area contributed by atoms with E-state index in [-0.39, 0.29) is 0 Å². The highest BCUT2D eigenvalue weighted by Crippen LogP contribution is 2.04. The van der Waals surface area contributed by atoms with Crippen LogP contribution in [-0.2, 0) is 24.0 Å². The summed E-state index contributed by atoms with van der Waals surface area (Å²) in [6.07, 6.45) is -2.33. The number of carbonyl (C=O) groups is 5. The Morgan fingerprint density at radius 3 is 1.70 bits per heavy atom. The molecule has 0 aromatic rings. The largest absolute Gasteiger partial charge is 0.481 e. The van der Waals surface area contributed by atoms with E-state index in [0.717, 1.165) is 6.92 Å². The first-order valence-electron chi connectivity index (χ1n) is 10.5. The van der Waals surface area contributed by atoms with Gasteiger partial charge in [-0.05, 0) is 39.7 Å². The molecule has 11 N–H and O–H groups in total. The summed E-state index contributed by atoms with van der Waals surface area (Å²) in [6, 6.07) is -5.72. The lowest BCUT2D eigenvalue weighted by Crippen LogP contribution is -2.61. The molecule has 33 heavy (non-hydrogen) atoms. The summed E-state index contributed by atoms with van der Waals surface area (Å²) >= 11 is 0. The predicted octanol–water partition coefficient (Wildman–Crippen LogP) is -3.39. The lowest BCUT2D eigenvalue weighted by molar-refractivity contribution is -0.144. The van der Waals surface area contributed by atoms with Gasteiger partial charge in [-0.1, -0.05) is 6.42 Å². The van der Waals surface area contributed by atoms with Gasteiger partial charge in [0.25, 0.3) is 0 Å². The van der Waals surface area contributed by atoms with Gasteiger partial charge in [-0.2, -0.15) is 0 Å². The molecule has 0 fully saturated rings. The number of nitrogens with one attached hydrogen (secondary N) is 3. The number of nitrogens with two attached hydrogens (primary N) is 2. The fraction of sp³-hybridized carbons (Fsp3) is 0.737. The van der Waals surface area contributed by atoms with Crippen molar-refractivity contribution in [1.82, 2.24) is 16.0 Å². The molecule has 6 atom stereocenters. The molecule has 6 unspecified atom stereocenters. The van der Waals surface area contributed by atoms with E-state index in [1.807, 2.05) is 0 Å². The Morgan fingerprint density at radius 2 is 1.27 bits per heavy atom. The van der Waals surface area contributed by atoms with E-state index < -0.39 is 78.9 Å². The number of rotatable bonds is 16. The van der Waals surface area contributed by atoms with Crippen LogP contribution in [0.1, 0.15) is 46.0 Å². The summed E-state index contributed by atoms with van der Waals surface area (Å²) in [5, 5.41) is 44.2. The van der Waals surface area contributed by atoms with Gasteiger partial charge in [-0.25, -0.2) is 4.79 Å². The van der Waals surface area contributed by atoms with Crippen molar-refractivity contribution in [2.75, 3.05) is 6.54 Å². The minimum absolute atomic E-state index is 0.294. The Bertz CT molecular complexity index is 687. The molecule has 14 heteroatoms. The Hall–Kier alpha value is -2.81. The van der Waals surface area contributed by atoms with Crippen molar-refractivity contribution in [3.8, 4) is 0 Å². The molecule has 0 aliphatic rings. The third kappa shape index (κ3) is 11.6. The molecule has 3 amide bonds. The molecule has 190 valence electrons. The zero-order valence-electron chi connectivity index (χ0n) is 18.7. The van der Waals surface area contributed by atoms with Crippen LogP contribution in [0.3, 0.4) is 0 Å². The van der Waals surface area contributed by atoms with Crippen molar-refractivity contribution in [3.05, 3.63) is 0 Å². The molecule has 0 aliphatic heterocycles. The monoisotopic (exact) mass is 477 g/mol. The van der Waals surface area contributed by atoms with Crippen LogP contribution >= 0.6 is 0 Å². The molecule has 14 nitrogen and oxygen atoms in total. The SMILES string of the molecule is CC(O)C(NC(=O)C(N)CCCCN)C(=O)NC(C(=O)NC(CCC(=O)O)C(=O)O)C(C)O. The Labute approximate surface area is 191 Å². The molecule has 0 saturated carbocycles. The van der Waals surface area contributed by atoms with Crippen molar-refractivity contribution in [2.24, 2.45) is 11.5 Å². The number of aliphatic carboxylic acids is 2. The van der Waals surface area contributed by atoms with E-state index in [1.165, 1.54) is 6.92 Å². The van der Waals surface area contributed by atoms with Crippen LogP contribution in [0.4, 0.5) is 0 Å². The van der Waals surface area contributed by atoms with Crippen LogP contribution in [-0.4, -0.2) is 93.0 Å². The second-order valence-corrected chi connectivity index (χ2v) is 7.68. The number of aliphatic hydroxyl groups is 2. The fourth-order valence-electron chi connectivity index (χ4n) is 2.74. The first kappa shape index (κ1) is 30.2. The van der Waals surface area contributed by atoms with Gasteiger partial charge in [0.15, 0.2) is 0 Å². The smallest absolute Gasteiger partial charge is 0.326 e. The van der Waals surface area contributed by atoms with Gasteiger partial charge < -0.3 is 47.8 Å². The van der Waals surface area contributed by atoms with Gasteiger partial charge >= 0.3 is 11.9 Å². The van der Waals surface area contributed by atoms with Crippen LogP contribution in [0.25, 0.3) is 0 Å². The van der Waals surface area contributed by atoms with Gasteiger partial charge in [0, 0.05) is 6.42 Å². The number of carboxylic acids is 2. The van der Waals surface area contributed by atoms with Gasteiger partial charge in [0.2, 0.25) is 17.7 Å². The summed E-state index contributed by atoms with van der Waals surface area (Å²) in [7, 11) is 0. The third-order valence-electron chi connectivity index (χ3n) is 4.69. The van der Waals surface area contributed by atoms with Gasteiger partial charge in [0.1, 0.15) is 18.1 Å². The van der Waals surface area contributed by atoms with Gasteiger partial charge in [-0.15, -0.1) is 0 Å². The van der Waals surface area contributed by atoms with E-state index in [1.54, 1.807) is 0 Å². The minimum atomic E-state index is -1.65. The van der Waals surface area contributed by atoms with Crippen molar-refractivity contribution >= 4 is 29.7 Å². The van der Waals surface area contributed by atoms with Crippen molar-refractivity contribution in [2.45, 2.75) is 82.3 Å². The van der Waals surface area contributed by atoms with Crippen LogP contribution in [0.2, 0.25) is 0 Å². The fourth-order valence-corrected chi connectivity index (χ4v) is 2.74. The average Bonchev–Trinajstić information content (AvgIpc) is 2.71. The summed E-state index contributed by atoms with van der Waals surface area (Å²) in [6.45, 7) is 2.80. The predicted molar refractivity (Wildman–Crippen MR) is 115 cm³/mol. The van der Waals surface area contributed by atoms with Gasteiger partial charge in [-0.3, -0.25) is 19.2 Å². The summed E-state index contributed by atoms with van der Waals surface area (Å²) in [4.78, 5) is 59.3. The van der Waals surface area contributed by atoms with E-state index in [9.17, 15) is 34.2 Å². The lowest BCUT2D eigenvalue weighted by atomic mass is 10.1.